The van der Waals surface area contributed by atoms with Crippen molar-refractivity contribution in [2.24, 2.45) is 5.92 Å². The number of hydrogen-bond acceptors (Lipinski definition) is 2. The van der Waals surface area contributed by atoms with E-state index in [1.165, 1.54) is 23.2 Å². The maximum absolute atomic E-state index is 4.12. The molecule has 2 N–H and O–H groups in total. The number of fused-ring (bicyclic) bond motifs is 1. The van der Waals surface area contributed by atoms with Crippen LogP contribution >= 0.6 is 0 Å². The normalized spacial score (nSPS) is 18.6. The summed E-state index contributed by atoms with van der Waals surface area (Å²) in [7, 11) is 0. The minimum Gasteiger partial charge on any atom is -0.312 e. The zero-order valence-corrected chi connectivity index (χ0v) is 10.5. The van der Waals surface area contributed by atoms with Gasteiger partial charge in [-0.15, -0.1) is 0 Å². The van der Waals surface area contributed by atoms with Gasteiger partial charge in [0.25, 0.3) is 0 Å². The summed E-state index contributed by atoms with van der Waals surface area (Å²) in [5, 5.41) is 10.8. The topological polar surface area (TPSA) is 40.7 Å². The zero-order valence-electron chi connectivity index (χ0n) is 10.5. The van der Waals surface area contributed by atoms with Crippen molar-refractivity contribution in [3.05, 3.63) is 53.3 Å². The molecule has 0 amide bonds. The highest BCUT2D eigenvalue weighted by atomic mass is 15.1. The molecule has 3 rings (SSSR count). The highest BCUT2D eigenvalue weighted by Gasteiger charge is 2.19. The lowest BCUT2D eigenvalue weighted by Crippen LogP contribution is -2.26. The van der Waals surface area contributed by atoms with E-state index in [1.54, 1.807) is 0 Å². The van der Waals surface area contributed by atoms with Gasteiger partial charge in [0.05, 0.1) is 6.20 Å². The molecule has 0 saturated heterocycles. The fourth-order valence-corrected chi connectivity index (χ4v) is 2.68. The van der Waals surface area contributed by atoms with Gasteiger partial charge in [-0.2, -0.15) is 5.10 Å². The van der Waals surface area contributed by atoms with Gasteiger partial charge in [0.1, 0.15) is 0 Å². The average Bonchev–Trinajstić information content (AvgIpc) is 2.87. The first kappa shape index (κ1) is 11.5. The molecule has 1 aliphatic rings. The number of hydrogen-bond donors (Lipinski definition) is 2. The molecule has 0 fully saturated rings. The molecule has 1 aromatic carbocycles. The number of H-pyrrole nitrogens is 1. The average molecular weight is 241 g/mol. The van der Waals surface area contributed by atoms with Gasteiger partial charge in [0.15, 0.2) is 0 Å². The van der Waals surface area contributed by atoms with Crippen LogP contribution in [0.5, 0.6) is 0 Å². The summed E-state index contributed by atoms with van der Waals surface area (Å²) < 4.78 is 0. The van der Waals surface area contributed by atoms with Crippen molar-refractivity contribution >= 4 is 0 Å². The smallest absolute Gasteiger partial charge is 0.0522 e. The molecule has 3 heteroatoms. The van der Waals surface area contributed by atoms with E-state index in [2.05, 4.69) is 45.8 Å². The molecule has 0 aliphatic heterocycles. The third kappa shape index (κ3) is 2.62. The van der Waals surface area contributed by atoms with Crippen molar-refractivity contribution in [1.29, 1.82) is 0 Å². The molecule has 0 radical (unpaired) electrons. The van der Waals surface area contributed by atoms with E-state index in [9.17, 15) is 0 Å². The largest absolute Gasteiger partial charge is 0.312 e. The molecule has 3 nitrogen and oxygen atoms in total. The van der Waals surface area contributed by atoms with E-state index in [-0.39, 0.29) is 0 Å². The molecule has 0 bridgehead atoms. The fraction of sp³-hybridized carbons (Fsp3) is 0.400. The van der Waals surface area contributed by atoms with Crippen LogP contribution in [0.15, 0.2) is 36.5 Å². The van der Waals surface area contributed by atoms with Crippen molar-refractivity contribution < 1.29 is 0 Å². The highest BCUT2D eigenvalue weighted by Crippen LogP contribution is 2.23. The Labute approximate surface area is 108 Å². The molecule has 1 atom stereocenters. The Morgan fingerprint density at radius 2 is 2.17 bits per heavy atom. The van der Waals surface area contributed by atoms with Gasteiger partial charge in [0, 0.05) is 12.2 Å². The van der Waals surface area contributed by atoms with E-state index in [1.807, 2.05) is 6.20 Å². The Morgan fingerprint density at radius 1 is 1.28 bits per heavy atom. The minimum atomic E-state index is 0.749. The first-order chi connectivity index (χ1) is 8.92. The second kappa shape index (κ2) is 5.36. The van der Waals surface area contributed by atoms with Crippen molar-refractivity contribution in [3.63, 3.8) is 0 Å². The van der Waals surface area contributed by atoms with E-state index in [0.717, 1.165) is 31.8 Å². The number of nitrogens with one attached hydrogen (secondary N) is 2. The molecular formula is C15H19N3. The Balaban J connectivity index is 1.48. The number of benzene rings is 1. The molecule has 1 aliphatic carbocycles. The van der Waals surface area contributed by atoms with Crippen LogP contribution in [-0.2, 0) is 19.4 Å². The Kier molecular flexibility index (Phi) is 3.42. The Hall–Kier alpha value is -1.61. The van der Waals surface area contributed by atoms with Crippen LogP contribution in [0.4, 0.5) is 0 Å². The maximum atomic E-state index is 4.12. The summed E-state index contributed by atoms with van der Waals surface area (Å²) in [5.74, 6) is 0.749. The van der Waals surface area contributed by atoms with Crippen molar-refractivity contribution in [2.45, 2.75) is 25.8 Å². The highest BCUT2D eigenvalue weighted by molar-refractivity contribution is 5.20. The van der Waals surface area contributed by atoms with E-state index in [0.29, 0.717) is 0 Å². The zero-order chi connectivity index (χ0) is 12.2. The summed E-state index contributed by atoms with van der Waals surface area (Å²) in [4.78, 5) is 0. The Morgan fingerprint density at radius 3 is 3.06 bits per heavy atom. The predicted octanol–water partition coefficient (Wildman–Crippen LogP) is 2.30. The van der Waals surface area contributed by atoms with Crippen LogP contribution in [0.1, 0.15) is 23.2 Å². The van der Waals surface area contributed by atoms with Crippen LogP contribution in [0, 0.1) is 5.92 Å². The van der Waals surface area contributed by atoms with Crippen LogP contribution in [0.25, 0.3) is 0 Å². The maximum Gasteiger partial charge on any atom is 0.0522 e. The number of aryl methyl sites for hydroxylation is 1. The molecule has 0 saturated carbocycles. The van der Waals surface area contributed by atoms with E-state index in [4.69, 9.17) is 0 Å². The van der Waals surface area contributed by atoms with Crippen molar-refractivity contribution in [3.8, 4) is 0 Å². The second-order valence-electron chi connectivity index (χ2n) is 5.10. The lowest BCUT2D eigenvalue weighted by Gasteiger charge is -2.21. The minimum absolute atomic E-state index is 0.749. The standard InChI is InChI=1S/C15H19N3/c1-2-4-12(5-3-1)9-16-10-13-6-7-15-14(8-13)11-17-18-15/h1-5,11,13,16H,6-10H2,(H,17,18). The summed E-state index contributed by atoms with van der Waals surface area (Å²) in [6, 6.07) is 10.6. The molecule has 2 aromatic rings. The van der Waals surface area contributed by atoms with Gasteiger partial charge in [-0.25, -0.2) is 0 Å². The predicted molar refractivity (Wildman–Crippen MR) is 72.3 cm³/mol. The number of aromatic amines is 1. The molecule has 1 aromatic heterocycles. The molecule has 0 spiro atoms. The third-order valence-electron chi connectivity index (χ3n) is 3.72. The summed E-state index contributed by atoms with van der Waals surface area (Å²) in [6.45, 7) is 2.06. The fourth-order valence-electron chi connectivity index (χ4n) is 2.68. The van der Waals surface area contributed by atoms with E-state index >= 15 is 0 Å². The molecular weight excluding hydrogens is 222 g/mol. The lowest BCUT2D eigenvalue weighted by atomic mass is 9.88. The number of rotatable bonds is 4. The van der Waals surface area contributed by atoms with Gasteiger partial charge >= 0.3 is 0 Å². The quantitative estimate of drug-likeness (QED) is 0.862. The number of aromatic nitrogens is 2. The van der Waals surface area contributed by atoms with Crippen molar-refractivity contribution in [2.75, 3.05) is 6.54 Å². The first-order valence-corrected chi connectivity index (χ1v) is 6.67. The summed E-state index contributed by atoms with van der Waals surface area (Å²) >= 11 is 0. The lowest BCUT2D eigenvalue weighted by molar-refractivity contribution is 0.422. The van der Waals surface area contributed by atoms with Crippen LogP contribution in [0.2, 0.25) is 0 Å². The Bertz CT molecular complexity index is 489. The summed E-state index contributed by atoms with van der Waals surface area (Å²) in [6.07, 6.45) is 5.55. The monoisotopic (exact) mass is 241 g/mol. The van der Waals surface area contributed by atoms with Crippen LogP contribution in [-0.4, -0.2) is 16.7 Å². The van der Waals surface area contributed by atoms with Gasteiger partial charge in [-0.3, -0.25) is 5.10 Å². The van der Waals surface area contributed by atoms with Gasteiger partial charge in [0.2, 0.25) is 0 Å². The number of nitrogens with zero attached hydrogens (tertiary/aromatic N) is 1. The molecule has 1 heterocycles. The van der Waals surface area contributed by atoms with Gasteiger partial charge < -0.3 is 5.32 Å². The molecule has 1 unspecified atom stereocenters. The van der Waals surface area contributed by atoms with Gasteiger partial charge in [-0.1, -0.05) is 30.3 Å². The SMILES string of the molecule is c1ccc(CNCC2CCc3[nH]ncc3C2)cc1. The van der Waals surface area contributed by atoms with Crippen LogP contribution in [0.3, 0.4) is 0 Å². The first-order valence-electron chi connectivity index (χ1n) is 6.67. The molecule has 18 heavy (non-hydrogen) atoms. The van der Waals surface area contributed by atoms with Crippen molar-refractivity contribution in [1.82, 2.24) is 15.5 Å². The molecule has 94 valence electrons. The third-order valence-corrected chi connectivity index (χ3v) is 3.72. The van der Waals surface area contributed by atoms with E-state index < -0.39 is 0 Å². The van der Waals surface area contributed by atoms with Crippen LogP contribution < -0.4 is 5.32 Å². The van der Waals surface area contributed by atoms with Gasteiger partial charge in [-0.05, 0) is 42.9 Å². The second-order valence-corrected chi connectivity index (χ2v) is 5.10. The summed E-state index contributed by atoms with van der Waals surface area (Å²) in [5.41, 5.74) is 4.11.